The number of amides is 3. The maximum absolute atomic E-state index is 15.7. The first-order valence-corrected chi connectivity index (χ1v) is 16.5. The summed E-state index contributed by atoms with van der Waals surface area (Å²) in [4.78, 5) is 40.8. The molecule has 1 aromatic heterocycles. The van der Waals surface area contributed by atoms with Crippen LogP contribution in [0.4, 0.5) is 28.4 Å². The number of nitrogens with one attached hydrogen (secondary N) is 1. The summed E-state index contributed by atoms with van der Waals surface area (Å²) in [6, 6.07) is 5.27. The number of piperidine rings is 1. The summed E-state index contributed by atoms with van der Waals surface area (Å²) in [6.45, 7) is 3.40. The molecule has 19 heteroatoms. The van der Waals surface area contributed by atoms with Crippen molar-refractivity contribution in [3.8, 4) is 11.4 Å². The maximum atomic E-state index is 15.7. The van der Waals surface area contributed by atoms with Crippen LogP contribution in [0.3, 0.4) is 0 Å². The smallest absolute Gasteiger partial charge is 0.409 e. The van der Waals surface area contributed by atoms with Gasteiger partial charge in [0.2, 0.25) is 5.82 Å². The Morgan fingerprint density at radius 2 is 1.85 bits per heavy atom. The third-order valence-electron chi connectivity index (χ3n) is 7.39. The molecule has 258 valence electrons. The van der Waals surface area contributed by atoms with Crippen molar-refractivity contribution in [1.29, 1.82) is 0 Å². The van der Waals surface area contributed by atoms with Gasteiger partial charge in [-0.25, -0.2) is 31.2 Å². The molecule has 14 nitrogen and oxygen atoms in total. The van der Waals surface area contributed by atoms with Crippen LogP contribution in [0.25, 0.3) is 11.4 Å². The molecule has 2 aliphatic rings. The SMILES string of the molecule is COC(=O)N1CC(n2nnc(-c3cc4c(cc3F)S(=O)(=O)C[C@H](NC(=O)OC(C)(C)C)C(=O)N4Cc3ccc(Cl)cc3)n2)CC(F)(F)C1. The summed E-state index contributed by atoms with van der Waals surface area (Å²) in [6.07, 6.45) is -2.78. The van der Waals surface area contributed by atoms with E-state index in [1.807, 2.05) is 0 Å². The lowest BCUT2D eigenvalue weighted by Crippen LogP contribution is -2.51. The van der Waals surface area contributed by atoms with Crippen LogP contribution in [0.2, 0.25) is 5.02 Å². The van der Waals surface area contributed by atoms with Gasteiger partial charge in [0.1, 0.15) is 17.5 Å². The highest BCUT2D eigenvalue weighted by Crippen LogP contribution is 2.38. The molecule has 2 aromatic carbocycles. The molecule has 0 radical (unpaired) electrons. The van der Waals surface area contributed by atoms with Crippen molar-refractivity contribution in [2.45, 2.75) is 62.2 Å². The molecule has 3 amide bonds. The van der Waals surface area contributed by atoms with Gasteiger partial charge in [0.25, 0.3) is 11.8 Å². The van der Waals surface area contributed by atoms with Crippen LogP contribution in [0, 0.1) is 5.82 Å². The Morgan fingerprint density at radius 1 is 1.17 bits per heavy atom. The molecular weight excluding hydrogens is 683 g/mol. The van der Waals surface area contributed by atoms with Crippen molar-refractivity contribution in [3.05, 3.63) is 52.8 Å². The number of anilines is 1. The Bertz CT molecular complexity index is 1850. The minimum atomic E-state index is -4.43. The van der Waals surface area contributed by atoms with Crippen LogP contribution in [0.5, 0.6) is 0 Å². The zero-order valence-electron chi connectivity index (χ0n) is 26.1. The Hall–Kier alpha value is -4.45. The van der Waals surface area contributed by atoms with Crippen LogP contribution in [0.1, 0.15) is 38.8 Å². The Morgan fingerprint density at radius 3 is 2.50 bits per heavy atom. The maximum Gasteiger partial charge on any atom is 0.409 e. The van der Waals surface area contributed by atoms with E-state index in [0.29, 0.717) is 16.7 Å². The van der Waals surface area contributed by atoms with Crippen molar-refractivity contribution >= 4 is 45.2 Å². The molecule has 48 heavy (non-hydrogen) atoms. The third kappa shape index (κ3) is 7.64. The quantitative estimate of drug-likeness (QED) is 0.409. The molecule has 0 bridgehead atoms. The summed E-state index contributed by atoms with van der Waals surface area (Å²) in [5.74, 6) is -6.59. The largest absolute Gasteiger partial charge is 0.453 e. The summed E-state index contributed by atoms with van der Waals surface area (Å²) < 4.78 is 81.8. The number of carbonyl (C=O) groups is 3. The number of benzene rings is 2. The van der Waals surface area contributed by atoms with E-state index in [9.17, 15) is 31.6 Å². The number of hydrogen-bond donors (Lipinski definition) is 1. The molecule has 0 saturated carbocycles. The third-order valence-corrected chi connectivity index (χ3v) is 9.41. The number of hydrogen-bond acceptors (Lipinski definition) is 10. The van der Waals surface area contributed by atoms with Gasteiger partial charge in [-0.2, -0.15) is 4.80 Å². The van der Waals surface area contributed by atoms with Gasteiger partial charge in [-0.3, -0.25) is 9.69 Å². The Labute approximate surface area is 278 Å². The number of fused-ring (bicyclic) bond motifs is 1. The van der Waals surface area contributed by atoms with Crippen LogP contribution >= 0.6 is 11.6 Å². The molecular formula is C29H31ClF3N7O7S. The van der Waals surface area contributed by atoms with E-state index in [4.69, 9.17) is 16.3 Å². The van der Waals surface area contributed by atoms with E-state index in [0.717, 1.165) is 27.8 Å². The normalized spacial score (nSPS) is 20.5. The van der Waals surface area contributed by atoms with Gasteiger partial charge in [-0.1, -0.05) is 23.7 Å². The first-order valence-electron chi connectivity index (χ1n) is 14.5. The first kappa shape index (κ1) is 34.9. The highest BCUT2D eigenvalue weighted by molar-refractivity contribution is 7.91. The lowest BCUT2D eigenvalue weighted by Gasteiger charge is -2.35. The zero-order chi connectivity index (χ0) is 35.2. The second kappa shape index (κ2) is 12.9. The number of methoxy groups -OCH3 is 1. The van der Waals surface area contributed by atoms with Crippen molar-refractivity contribution in [2.75, 3.05) is 30.9 Å². The van der Waals surface area contributed by atoms with Crippen molar-refractivity contribution in [1.82, 2.24) is 30.4 Å². The van der Waals surface area contributed by atoms with Gasteiger partial charge in [0.05, 0.1) is 48.1 Å². The monoisotopic (exact) mass is 713 g/mol. The molecule has 1 saturated heterocycles. The topological polar surface area (TPSA) is 166 Å². The minimum absolute atomic E-state index is 0.225. The van der Waals surface area contributed by atoms with Crippen molar-refractivity contribution < 1.29 is 45.4 Å². The zero-order valence-corrected chi connectivity index (χ0v) is 27.7. The second-order valence-corrected chi connectivity index (χ2v) is 14.8. The summed E-state index contributed by atoms with van der Waals surface area (Å²) in [7, 11) is -3.38. The lowest BCUT2D eigenvalue weighted by molar-refractivity contribution is -0.120. The van der Waals surface area contributed by atoms with E-state index in [-0.39, 0.29) is 18.8 Å². The van der Waals surface area contributed by atoms with E-state index in [2.05, 4.69) is 25.5 Å². The highest BCUT2D eigenvalue weighted by Gasteiger charge is 2.45. The van der Waals surface area contributed by atoms with E-state index < -0.39 is 92.4 Å². The van der Waals surface area contributed by atoms with Crippen LogP contribution < -0.4 is 10.2 Å². The number of alkyl carbamates (subject to hydrolysis) is 1. The van der Waals surface area contributed by atoms with E-state index in [1.165, 1.54) is 0 Å². The molecule has 3 aromatic rings. The number of halogens is 4. The number of aromatic nitrogens is 4. The summed E-state index contributed by atoms with van der Waals surface area (Å²) in [5, 5.41) is 14.4. The minimum Gasteiger partial charge on any atom is -0.453 e. The van der Waals surface area contributed by atoms with Gasteiger partial charge in [-0.15, -0.1) is 10.2 Å². The highest BCUT2D eigenvalue weighted by atomic mass is 35.5. The van der Waals surface area contributed by atoms with Crippen molar-refractivity contribution in [2.24, 2.45) is 0 Å². The van der Waals surface area contributed by atoms with Gasteiger partial charge in [0, 0.05) is 18.0 Å². The number of nitrogens with zero attached hydrogens (tertiary/aromatic N) is 6. The molecule has 1 N–H and O–H groups in total. The number of ether oxygens (including phenoxy) is 2. The first-order chi connectivity index (χ1) is 22.4. The summed E-state index contributed by atoms with van der Waals surface area (Å²) in [5.41, 5.74) is -1.10. The fourth-order valence-electron chi connectivity index (χ4n) is 5.33. The molecule has 2 aliphatic heterocycles. The standard InChI is InChI=1S/C29H31ClF3N7O7S/c1-28(2,3)47-26(42)34-21-14-48(44,45)23-10-20(31)19(9-22(23)39(25(21)41)12-16-5-7-17(30)8-6-16)24-35-37-40(36-24)18-11-29(32,33)15-38(13-18)27(43)46-4/h5-10,18,21H,11-15H2,1-4H3,(H,34,42)/t18?,21-/m0/s1. The fraction of sp³-hybridized carbons (Fsp3) is 0.448. The molecule has 0 aliphatic carbocycles. The fourth-order valence-corrected chi connectivity index (χ4v) is 7.07. The van der Waals surface area contributed by atoms with Crippen LogP contribution in [0.15, 0.2) is 41.3 Å². The molecule has 5 rings (SSSR count). The Balaban J connectivity index is 1.56. The Kier molecular flexibility index (Phi) is 9.35. The number of sulfone groups is 1. The van der Waals surface area contributed by atoms with Gasteiger partial charge in [-0.05, 0) is 55.8 Å². The molecule has 1 fully saturated rings. The molecule has 0 spiro atoms. The average Bonchev–Trinajstić information content (AvgIpc) is 3.46. The summed E-state index contributed by atoms with van der Waals surface area (Å²) >= 11 is 6.02. The van der Waals surface area contributed by atoms with Crippen LogP contribution in [-0.4, -0.2) is 95.1 Å². The second-order valence-electron chi connectivity index (χ2n) is 12.3. The van der Waals surface area contributed by atoms with Crippen LogP contribution in [-0.2, 0) is 30.7 Å². The van der Waals surface area contributed by atoms with E-state index >= 15 is 4.39 Å². The predicted octanol–water partition coefficient (Wildman–Crippen LogP) is 3.99. The number of rotatable bonds is 5. The predicted molar refractivity (Wildman–Crippen MR) is 164 cm³/mol. The number of likely N-dealkylation sites (tertiary alicyclic amines) is 1. The molecule has 2 atom stereocenters. The van der Waals surface area contributed by atoms with Gasteiger partial charge >= 0.3 is 12.2 Å². The van der Waals surface area contributed by atoms with Crippen molar-refractivity contribution in [3.63, 3.8) is 0 Å². The van der Waals surface area contributed by atoms with Gasteiger partial charge < -0.3 is 19.7 Å². The number of tetrazole rings is 1. The number of alkyl halides is 2. The van der Waals surface area contributed by atoms with E-state index in [1.54, 1.807) is 45.0 Å². The number of carbonyl (C=O) groups excluding carboxylic acids is 3. The molecule has 1 unspecified atom stereocenters. The average molecular weight is 714 g/mol. The van der Waals surface area contributed by atoms with Gasteiger partial charge in [0.15, 0.2) is 9.84 Å². The lowest BCUT2D eigenvalue weighted by atomic mass is 10.0. The molecule has 3 heterocycles.